The highest BCUT2D eigenvalue weighted by molar-refractivity contribution is 7.88. The monoisotopic (exact) mass is 368 g/mol. The first-order chi connectivity index (χ1) is 11.8. The Morgan fingerprint density at radius 3 is 2.20 bits per heavy atom. The molecule has 0 atom stereocenters. The molecule has 3 rings (SSSR count). The van der Waals surface area contributed by atoms with Gasteiger partial charge in [-0.15, -0.1) is 5.10 Å². The second kappa shape index (κ2) is 7.01. The Morgan fingerprint density at radius 1 is 1.00 bits per heavy atom. The molecule has 0 unspecified atom stereocenters. The first kappa shape index (κ1) is 17.7. The van der Waals surface area contributed by atoms with E-state index in [1.807, 2.05) is 24.0 Å². The van der Waals surface area contributed by atoms with Crippen molar-refractivity contribution in [1.29, 1.82) is 0 Å². The van der Waals surface area contributed by atoms with Crippen LogP contribution < -0.4 is 4.90 Å². The van der Waals surface area contributed by atoms with Gasteiger partial charge in [-0.2, -0.15) is 9.40 Å². The summed E-state index contributed by atoms with van der Waals surface area (Å²) >= 11 is 0. The highest BCUT2D eigenvalue weighted by Crippen LogP contribution is 2.18. The maximum atomic E-state index is 13.2. The lowest BCUT2D eigenvalue weighted by Gasteiger charge is -2.34. The molecule has 0 amide bonds. The normalized spacial score (nSPS) is 16.2. The van der Waals surface area contributed by atoms with Crippen LogP contribution in [0.2, 0.25) is 0 Å². The topological polar surface area (TPSA) is 66.4 Å². The number of aryl methyl sites for hydroxylation is 1. The lowest BCUT2D eigenvalue weighted by Crippen LogP contribution is -2.49. The summed E-state index contributed by atoms with van der Waals surface area (Å²) in [5.41, 5.74) is 0.914. The van der Waals surface area contributed by atoms with Gasteiger partial charge in [-0.3, -0.25) is 0 Å². The molecule has 134 valence electrons. The smallest absolute Gasteiger partial charge is 0.218 e. The van der Waals surface area contributed by atoms with E-state index in [2.05, 4.69) is 10.2 Å². The van der Waals surface area contributed by atoms with Crippen molar-refractivity contribution in [2.75, 3.05) is 31.1 Å². The predicted molar refractivity (Wildman–Crippen MR) is 89.5 cm³/mol. The number of nitrogens with zero attached hydrogens (tertiary/aromatic N) is 4. The van der Waals surface area contributed by atoms with Crippen LogP contribution in [0.5, 0.6) is 0 Å². The van der Waals surface area contributed by atoms with Gasteiger partial charge in [0.05, 0.1) is 11.4 Å². The number of anilines is 1. The van der Waals surface area contributed by atoms with Crippen molar-refractivity contribution >= 4 is 15.8 Å². The third-order valence-corrected chi connectivity index (χ3v) is 5.86. The first-order valence-electron chi connectivity index (χ1n) is 7.81. The van der Waals surface area contributed by atoms with E-state index >= 15 is 0 Å². The molecule has 0 radical (unpaired) electrons. The number of halogens is 2. The van der Waals surface area contributed by atoms with Crippen LogP contribution in [-0.2, 0) is 15.8 Å². The van der Waals surface area contributed by atoms with Gasteiger partial charge in [0.2, 0.25) is 10.0 Å². The Labute approximate surface area is 145 Å². The van der Waals surface area contributed by atoms with E-state index in [4.69, 9.17) is 0 Å². The predicted octanol–water partition coefficient (Wildman–Crippen LogP) is 1.72. The van der Waals surface area contributed by atoms with Crippen LogP contribution in [0.1, 0.15) is 11.3 Å². The summed E-state index contributed by atoms with van der Waals surface area (Å²) in [5.74, 6) is -1.29. The second-order valence-electron chi connectivity index (χ2n) is 5.95. The summed E-state index contributed by atoms with van der Waals surface area (Å²) in [4.78, 5) is 1.96. The van der Waals surface area contributed by atoms with Gasteiger partial charge in [0.1, 0.15) is 11.6 Å². The fourth-order valence-corrected chi connectivity index (χ4v) is 4.24. The largest absolute Gasteiger partial charge is 0.352 e. The minimum absolute atomic E-state index is 0.101. The summed E-state index contributed by atoms with van der Waals surface area (Å²) < 4.78 is 52.8. The molecule has 25 heavy (non-hydrogen) atoms. The Kier molecular flexibility index (Phi) is 4.96. The van der Waals surface area contributed by atoms with Crippen LogP contribution in [0, 0.1) is 18.6 Å². The van der Waals surface area contributed by atoms with Crippen LogP contribution >= 0.6 is 0 Å². The third kappa shape index (κ3) is 4.29. The second-order valence-corrected chi connectivity index (χ2v) is 7.92. The maximum Gasteiger partial charge on any atom is 0.218 e. The summed E-state index contributed by atoms with van der Waals surface area (Å²) in [7, 11) is -3.64. The van der Waals surface area contributed by atoms with E-state index in [1.165, 1.54) is 4.31 Å². The van der Waals surface area contributed by atoms with Crippen molar-refractivity contribution in [3.63, 3.8) is 0 Å². The zero-order valence-corrected chi connectivity index (χ0v) is 14.5. The quantitative estimate of drug-likeness (QED) is 0.822. The van der Waals surface area contributed by atoms with Crippen molar-refractivity contribution in [2.24, 2.45) is 0 Å². The van der Waals surface area contributed by atoms with Gasteiger partial charge in [-0.05, 0) is 36.8 Å². The van der Waals surface area contributed by atoms with E-state index in [1.54, 1.807) is 0 Å². The fourth-order valence-electron chi connectivity index (χ4n) is 2.75. The Balaban J connectivity index is 1.65. The molecule has 6 nitrogen and oxygen atoms in total. The van der Waals surface area contributed by atoms with Gasteiger partial charge in [-0.1, -0.05) is 0 Å². The molecule has 1 aliphatic heterocycles. The van der Waals surface area contributed by atoms with Gasteiger partial charge in [0.25, 0.3) is 0 Å². The number of rotatable bonds is 4. The standard InChI is InChI=1S/C16H18F2N4O2S/c1-12-2-3-16(20-19-12)21-4-6-22(7-5-21)25(23,24)11-13-8-14(17)10-15(18)9-13/h2-3,8-10H,4-7,11H2,1H3. The van der Waals surface area contributed by atoms with Crippen molar-refractivity contribution in [3.8, 4) is 0 Å². The zero-order chi connectivity index (χ0) is 18.0. The molecule has 1 aromatic carbocycles. The Hall–Kier alpha value is -2.13. The van der Waals surface area contributed by atoms with Crippen LogP contribution in [-0.4, -0.2) is 49.1 Å². The number of aromatic nitrogens is 2. The van der Waals surface area contributed by atoms with E-state index in [9.17, 15) is 17.2 Å². The molecule has 0 bridgehead atoms. The molecular weight excluding hydrogens is 350 g/mol. The molecule has 0 spiro atoms. The molecular formula is C16H18F2N4O2S. The molecule has 2 heterocycles. The number of benzene rings is 1. The van der Waals surface area contributed by atoms with Crippen molar-refractivity contribution in [1.82, 2.24) is 14.5 Å². The van der Waals surface area contributed by atoms with Crippen molar-refractivity contribution in [3.05, 3.63) is 53.2 Å². The van der Waals surface area contributed by atoms with E-state index < -0.39 is 27.4 Å². The highest BCUT2D eigenvalue weighted by Gasteiger charge is 2.28. The van der Waals surface area contributed by atoms with E-state index in [0.29, 0.717) is 18.9 Å². The molecule has 1 aliphatic rings. The number of hydrogen-bond donors (Lipinski definition) is 0. The maximum absolute atomic E-state index is 13.2. The zero-order valence-electron chi connectivity index (χ0n) is 13.7. The molecule has 0 aliphatic carbocycles. The van der Waals surface area contributed by atoms with Crippen LogP contribution in [0.15, 0.2) is 30.3 Å². The first-order valence-corrected chi connectivity index (χ1v) is 9.42. The summed E-state index contributed by atoms with van der Waals surface area (Å²) in [6.07, 6.45) is 0. The number of sulfonamides is 1. The SMILES string of the molecule is Cc1ccc(N2CCN(S(=O)(=O)Cc3cc(F)cc(F)c3)CC2)nn1. The van der Waals surface area contributed by atoms with Crippen LogP contribution in [0.25, 0.3) is 0 Å². The minimum atomic E-state index is -3.64. The molecule has 9 heteroatoms. The Bertz CT molecular complexity index is 831. The van der Waals surface area contributed by atoms with Crippen LogP contribution in [0.3, 0.4) is 0 Å². The van der Waals surface area contributed by atoms with Gasteiger partial charge in [0, 0.05) is 32.2 Å². The van der Waals surface area contributed by atoms with Gasteiger partial charge >= 0.3 is 0 Å². The fraction of sp³-hybridized carbons (Fsp3) is 0.375. The average molecular weight is 368 g/mol. The highest BCUT2D eigenvalue weighted by atomic mass is 32.2. The van der Waals surface area contributed by atoms with Crippen molar-refractivity contribution < 1.29 is 17.2 Å². The summed E-state index contributed by atoms with van der Waals surface area (Å²) in [6, 6.07) is 6.50. The van der Waals surface area contributed by atoms with Gasteiger partial charge < -0.3 is 4.90 Å². The molecule has 1 saturated heterocycles. The Morgan fingerprint density at radius 2 is 1.64 bits per heavy atom. The number of hydrogen-bond acceptors (Lipinski definition) is 5. The molecule has 1 aromatic heterocycles. The van der Waals surface area contributed by atoms with E-state index in [-0.39, 0.29) is 18.7 Å². The number of piperazine rings is 1. The lowest BCUT2D eigenvalue weighted by molar-refractivity contribution is 0.383. The summed E-state index contributed by atoms with van der Waals surface area (Å²) in [6.45, 7) is 3.38. The van der Waals surface area contributed by atoms with Crippen LogP contribution in [0.4, 0.5) is 14.6 Å². The lowest BCUT2D eigenvalue weighted by atomic mass is 10.2. The minimum Gasteiger partial charge on any atom is -0.352 e. The average Bonchev–Trinajstić information content (AvgIpc) is 2.54. The molecule has 0 N–H and O–H groups in total. The van der Waals surface area contributed by atoms with Gasteiger partial charge in [-0.25, -0.2) is 17.2 Å². The van der Waals surface area contributed by atoms with Crippen molar-refractivity contribution in [2.45, 2.75) is 12.7 Å². The third-order valence-electron chi connectivity index (χ3n) is 4.01. The van der Waals surface area contributed by atoms with Gasteiger partial charge in [0.15, 0.2) is 5.82 Å². The van der Waals surface area contributed by atoms with E-state index in [0.717, 1.165) is 23.9 Å². The summed E-state index contributed by atoms with van der Waals surface area (Å²) in [5, 5.41) is 8.10. The molecule has 1 fully saturated rings. The molecule has 2 aromatic rings. The molecule has 0 saturated carbocycles.